The highest BCUT2D eigenvalue weighted by atomic mass is 35.5. The molecule has 5 nitrogen and oxygen atoms in total. The number of ether oxygens (including phenoxy) is 2. The molecule has 0 atom stereocenters. The second kappa shape index (κ2) is 6.37. The summed E-state index contributed by atoms with van der Waals surface area (Å²) in [5.74, 6) is 0.466. The molecule has 0 saturated carbocycles. The van der Waals surface area contributed by atoms with Crippen molar-refractivity contribution in [2.75, 3.05) is 25.3 Å². The fourth-order valence-electron chi connectivity index (χ4n) is 1.85. The fourth-order valence-corrected chi connectivity index (χ4v) is 2.09. The number of hydrogen-bond donors (Lipinski definition) is 2. The van der Waals surface area contributed by atoms with Crippen LogP contribution in [0.1, 0.15) is 10.4 Å². The van der Waals surface area contributed by atoms with Gasteiger partial charge in [-0.1, -0.05) is 17.7 Å². The zero-order valence-corrected chi connectivity index (χ0v) is 12.4. The summed E-state index contributed by atoms with van der Waals surface area (Å²) in [5.41, 5.74) is 7.14. The van der Waals surface area contributed by atoms with Crippen LogP contribution in [0.15, 0.2) is 36.4 Å². The number of carbonyl (C=O) groups excluding carboxylic acids is 1. The first-order valence-electron chi connectivity index (χ1n) is 6.13. The average molecular weight is 307 g/mol. The predicted octanol–water partition coefficient (Wildman–Crippen LogP) is 3.19. The molecule has 0 aliphatic carbocycles. The van der Waals surface area contributed by atoms with Crippen LogP contribution in [0.2, 0.25) is 5.02 Å². The number of hydrogen-bond acceptors (Lipinski definition) is 4. The van der Waals surface area contributed by atoms with Gasteiger partial charge in [-0.25, -0.2) is 0 Å². The van der Waals surface area contributed by atoms with E-state index in [1.54, 1.807) is 30.3 Å². The summed E-state index contributed by atoms with van der Waals surface area (Å²) in [6.07, 6.45) is 0. The van der Waals surface area contributed by atoms with Gasteiger partial charge in [0.1, 0.15) is 11.5 Å². The number of amides is 1. The van der Waals surface area contributed by atoms with Crippen LogP contribution in [-0.2, 0) is 0 Å². The number of nitrogens with two attached hydrogens (primary N) is 1. The van der Waals surface area contributed by atoms with Crippen molar-refractivity contribution in [3.05, 3.63) is 47.0 Å². The number of rotatable bonds is 4. The molecular weight excluding hydrogens is 292 g/mol. The van der Waals surface area contributed by atoms with Gasteiger partial charge in [0.2, 0.25) is 0 Å². The monoisotopic (exact) mass is 306 g/mol. The van der Waals surface area contributed by atoms with Crippen molar-refractivity contribution in [3.8, 4) is 11.5 Å². The highest BCUT2D eigenvalue weighted by Crippen LogP contribution is 2.33. The molecule has 2 aromatic rings. The van der Waals surface area contributed by atoms with Crippen molar-refractivity contribution in [1.82, 2.24) is 0 Å². The molecule has 21 heavy (non-hydrogen) atoms. The molecule has 0 aliphatic rings. The second-order valence-electron chi connectivity index (χ2n) is 4.27. The Morgan fingerprint density at radius 3 is 2.48 bits per heavy atom. The van der Waals surface area contributed by atoms with Crippen molar-refractivity contribution < 1.29 is 14.3 Å². The van der Waals surface area contributed by atoms with Crippen molar-refractivity contribution in [1.29, 1.82) is 0 Å². The van der Waals surface area contributed by atoms with Gasteiger partial charge in [0.05, 0.1) is 24.8 Å². The van der Waals surface area contributed by atoms with Gasteiger partial charge in [-0.15, -0.1) is 0 Å². The first-order chi connectivity index (χ1) is 10.0. The van der Waals surface area contributed by atoms with Gasteiger partial charge < -0.3 is 20.5 Å². The van der Waals surface area contributed by atoms with E-state index in [-0.39, 0.29) is 5.91 Å². The first kappa shape index (κ1) is 15.0. The maximum atomic E-state index is 12.3. The van der Waals surface area contributed by atoms with Crippen molar-refractivity contribution in [2.24, 2.45) is 0 Å². The number of nitrogens with one attached hydrogen (secondary N) is 1. The minimum Gasteiger partial charge on any atom is -0.496 e. The summed E-state index contributed by atoms with van der Waals surface area (Å²) in [6, 6.07) is 9.96. The van der Waals surface area contributed by atoms with Crippen molar-refractivity contribution >= 4 is 28.9 Å². The van der Waals surface area contributed by atoms with Crippen LogP contribution in [0.3, 0.4) is 0 Å². The number of methoxy groups -OCH3 is 2. The molecule has 6 heteroatoms. The van der Waals surface area contributed by atoms with Crippen LogP contribution in [-0.4, -0.2) is 20.1 Å². The Bertz CT molecular complexity index is 674. The molecule has 110 valence electrons. The molecule has 0 aromatic heterocycles. The molecule has 0 fully saturated rings. The molecule has 0 spiro atoms. The number of anilines is 2. The predicted molar refractivity (Wildman–Crippen MR) is 83.4 cm³/mol. The highest BCUT2D eigenvalue weighted by molar-refractivity contribution is 6.32. The highest BCUT2D eigenvalue weighted by Gasteiger charge is 2.16. The van der Waals surface area contributed by atoms with E-state index >= 15 is 0 Å². The van der Waals surface area contributed by atoms with Gasteiger partial charge >= 0.3 is 0 Å². The lowest BCUT2D eigenvalue weighted by Gasteiger charge is -2.12. The van der Waals surface area contributed by atoms with E-state index in [1.807, 2.05) is 0 Å². The molecule has 0 bridgehead atoms. The van der Waals surface area contributed by atoms with Crippen LogP contribution in [0.5, 0.6) is 11.5 Å². The third-order valence-corrected chi connectivity index (χ3v) is 3.16. The van der Waals surface area contributed by atoms with Crippen LogP contribution in [0.25, 0.3) is 0 Å². The van der Waals surface area contributed by atoms with Crippen LogP contribution in [0.4, 0.5) is 11.4 Å². The second-order valence-corrected chi connectivity index (χ2v) is 4.67. The zero-order chi connectivity index (χ0) is 15.4. The van der Waals surface area contributed by atoms with E-state index in [0.29, 0.717) is 33.5 Å². The maximum Gasteiger partial charge on any atom is 0.259 e. The van der Waals surface area contributed by atoms with Crippen molar-refractivity contribution in [3.63, 3.8) is 0 Å². The molecular formula is C15H15ClN2O3. The smallest absolute Gasteiger partial charge is 0.259 e. The van der Waals surface area contributed by atoms with Gasteiger partial charge in [-0.05, 0) is 24.3 Å². The minimum atomic E-state index is -0.345. The van der Waals surface area contributed by atoms with Gasteiger partial charge in [0, 0.05) is 17.4 Å². The molecule has 3 N–H and O–H groups in total. The summed E-state index contributed by atoms with van der Waals surface area (Å²) >= 11 is 6.05. The van der Waals surface area contributed by atoms with Crippen molar-refractivity contribution in [2.45, 2.75) is 0 Å². The van der Waals surface area contributed by atoms with E-state index in [0.717, 1.165) is 0 Å². The minimum absolute atomic E-state index is 0.311. The molecule has 2 rings (SSSR count). The fraction of sp³-hybridized carbons (Fsp3) is 0.133. The lowest BCUT2D eigenvalue weighted by molar-refractivity contribution is 0.102. The van der Waals surface area contributed by atoms with Crippen LogP contribution in [0, 0.1) is 0 Å². The Balaban J connectivity index is 2.32. The molecule has 2 aromatic carbocycles. The number of nitrogen functional groups attached to an aromatic ring is 1. The van der Waals surface area contributed by atoms with Gasteiger partial charge in [-0.2, -0.15) is 0 Å². The van der Waals surface area contributed by atoms with E-state index in [4.69, 9.17) is 26.8 Å². The lowest BCUT2D eigenvalue weighted by Crippen LogP contribution is -2.13. The Hall–Kier alpha value is -2.40. The molecule has 0 heterocycles. The Kier molecular flexibility index (Phi) is 4.55. The summed E-state index contributed by atoms with van der Waals surface area (Å²) in [5, 5.41) is 3.07. The molecule has 0 radical (unpaired) electrons. The summed E-state index contributed by atoms with van der Waals surface area (Å²) in [4.78, 5) is 12.3. The normalized spacial score (nSPS) is 10.0. The molecule has 1 amide bonds. The average Bonchev–Trinajstić information content (AvgIpc) is 2.47. The Labute approximate surface area is 127 Å². The number of halogens is 1. The Morgan fingerprint density at radius 1 is 1.14 bits per heavy atom. The van der Waals surface area contributed by atoms with Gasteiger partial charge in [0.25, 0.3) is 5.91 Å². The summed E-state index contributed by atoms with van der Waals surface area (Å²) < 4.78 is 10.3. The molecule has 0 aliphatic heterocycles. The number of benzene rings is 2. The summed E-state index contributed by atoms with van der Waals surface area (Å²) in [6.45, 7) is 0. The van der Waals surface area contributed by atoms with E-state index in [1.165, 1.54) is 20.3 Å². The van der Waals surface area contributed by atoms with Crippen LogP contribution < -0.4 is 20.5 Å². The lowest BCUT2D eigenvalue weighted by atomic mass is 10.1. The molecule has 0 saturated heterocycles. The first-order valence-corrected chi connectivity index (χ1v) is 6.51. The third-order valence-electron chi connectivity index (χ3n) is 2.86. The van der Waals surface area contributed by atoms with E-state index < -0.39 is 0 Å². The standard InChI is InChI=1S/C15H15ClN2O3/c1-20-13-8-14(21-2)12(16)7-11(13)15(19)18-10-5-3-4-9(17)6-10/h3-8H,17H2,1-2H3,(H,18,19). The van der Waals surface area contributed by atoms with Gasteiger partial charge in [-0.3, -0.25) is 4.79 Å². The van der Waals surface area contributed by atoms with E-state index in [2.05, 4.69) is 5.32 Å². The SMILES string of the molecule is COc1cc(OC)c(C(=O)Nc2cccc(N)c2)cc1Cl. The largest absolute Gasteiger partial charge is 0.496 e. The zero-order valence-electron chi connectivity index (χ0n) is 11.6. The van der Waals surface area contributed by atoms with Gasteiger partial charge in [0.15, 0.2) is 0 Å². The third kappa shape index (κ3) is 3.38. The number of carbonyl (C=O) groups is 1. The Morgan fingerprint density at radius 2 is 1.86 bits per heavy atom. The van der Waals surface area contributed by atoms with E-state index in [9.17, 15) is 4.79 Å². The quantitative estimate of drug-likeness (QED) is 0.851. The summed E-state index contributed by atoms with van der Waals surface area (Å²) in [7, 11) is 2.97. The molecule has 0 unspecified atom stereocenters. The topological polar surface area (TPSA) is 73.6 Å². The van der Waals surface area contributed by atoms with Crippen LogP contribution >= 0.6 is 11.6 Å². The maximum absolute atomic E-state index is 12.3.